The highest BCUT2D eigenvalue weighted by molar-refractivity contribution is 7.98. The number of carbonyl (C=O) groups is 1. The van der Waals surface area contributed by atoms with Gasteiger partial charge in [0.25, 0.3) is 5.91 Å². The first-order chi connectivity index (χ1) is 13.2. The van der Waals surface area contributed by atoms with Crippen LogP contribution < -0.4 is 5.32 Å². The predicted octanol–water partition coefficient (Wildman–Crippen LogP) is 4.28. The summed E-state index contributed by atoms with van der Waals surface area (Å²) < 4.78 is 2.05. The molecule has 4 rings (SSSR count). The van der Waals surface area contributed by atoms with Gasteiger partial charge in [0.1, 0.15) is 5.82 Å². The molecule has 0 fully saturated rings. The van der Waals surface area contributed by atoms with Crippen molar-refractivity contribution in [3.05, 3.63) is 66.1 Å². The zero-order chi connectivity index (χ0) is 18.8. The van der Waals surface area contributed by atoms with E-state index in [0.717, 1.165) is 39.9 Å². The maximum atomic E-state index is 12.9. The lowest BCUT2D eigenvalue weighted by Crippen LogP contribution is -2.29. The number of nitrogens with zero attached hydrogens (tertiary/aromatic N) is 2. The fourth-order valence-electron chi connectivity index (χ4n) is 3.31. The van der Waals surface area contributed by atoms with Gasteiger partial charge in [-0.15, -0.1) is 0 Å². The molecular weight excluding hydrogens is 356 g/mol. The van der Waals surface area contributed by atoms with E-state index in [9.17, 15) is 4.79 Å². The molecule has 4 aromatic rings. The maximum absolute atomic E-state index is 12.9. The average molecular weight is 379 g/mol. The molecule has 0 saturated carbocycles. The van der Waals surface area contributed by atoms with Crippen molar-refractivity contribution in [2.24, 2.45) is 7.05 Å². The van der Waals surface area contributed by atoms with Crippen LogP contribution in [0.4, 0.5) is 0 Å². The van der Waals surface area contributed by atoms with Gasteiger partial charge in [0, 0.05) is 29.7 Å². The number of benzene rings is 2. The summed E-state index contributed by atoms with van der Waals surface area (Å²) in [5, 5.41) is 4.23. The number of carbonyl (C=O) groups excluding carboxylic acids is 1. The molecule has 2 N–H and O–H groups in total. The number of nitrogens with one attached hydrogen (secondary N) is 2. The molecule has 2 aromatic heterocycles. The Labute approximate surface area is 162 Å². The number of thioether (sulfide) groups is 1. The van der Waals surface area contributed by atoms with E-state index in [1.807, 2.05) is 66.3 Å². The highest BCUT2D eigenvalue weighted by atomic mass is 32.2. The molecule has 27 heavy (non-hydrogen) atoms. The van der Waals surface area contributed by atoms with E-state index in [2.05, 4.69) is 21.5 Å². The van der Waals surface area contributed by atoms with Crippen LogP contribution in [0.15, 0.2) is 54.7 Å². The van der Waals surface area contributed by atoms with Crippen LogP contribution in [-0.2, 0) is 7.05 Å². The van der Waals surface area contributed by atoms with Gasteiger partial charge in [0.2, 0.25) is 0 Å². The first kappa shape index (κ1) is 17.7. The first-order valence-electron chi connectivity index (χ1n) is 8.95. The SMILES string of the molecule is CSCCC(NC(=O)c1ccc2c(ccn2C)c1)c1nc2ccccc2[nH]1. The molecule has 0 bridgehead atoms. The van der Waals surface area contributed by atoms with E-state index < -0.39 is 0 Å². The Hall–Kier alpha value is -2.73. The monoisotopic (exact) mass is 378 g/mol. The Balaban J connectivity index is 1.60. The van der Waals surface area contributed by atoms with Crippen molar-refractivity contribution < 1.29 is 4.79 Å². The highest BCUT2D eigenvalue weighted by Crippen LogP contribution is 2.22. The van der Waals surface area contributed by atoms with Crippen LogP contribution in [0.1, 0.15) is 28.6 Å². The molecule has 0 spiro atoms. The van der Waals surface area contributed by atoms with E-state index in [4.69, 9.17) is 0 Å². The summed E-state index contributed by atoms with van der Waals surface area (Å²) >= 11 is 1.76. The third-order valence-corrected chi connectivity index (χ3v) is 5.45. The van der Waals surface area contributed by atoms with Crippen LogP contribution in [0.25, 0.3) is 21.9 Å². The number of aromatic amines is 1. The highest BCUT2D eigenvalue weighted by Gasteiger charge is 2.19. The molecular formula is C21H22N4OS. The minimum absolute atomic E-state index is 0.0766. The van der Waals surface area contributed by atoms with Gasteiger partial charge < -0.3 is 14.9 Å². The van der Waals surface area contributed by atoms with Crippen LogP contribution in [0.5, 0.6) is 0 Å². The number of aryl methyl sites for hydroxylation is 1. The number of rotatable bonds is 6. The summed E-state index contributed by atoms with van der Waals surface area (Å²) in [7, 11) is 2.00. The maximum Gasteiger partial charge on any atom is 0.251 e. The van der Waals surface area contributed by atoms with Gasteiger partial charge in [-0.1, -0.05) is 12.1 Å². The number of hydrogen-bond donors (Lipinski definition) is 2. The molecule has 1 atom stereocenters. The van der Waals surface area contributed by atoms with Crippen molar-refractivity contribution in [3.63, 3.8) is 0 Å². The Morgan fingerprint density at radius 2 is 2.11 bits per heavy atom. The molecule has 138 valence electrons. The zero-order valence-corrected chi connectivity index (χ0v) is 16.2. The number of fused-ring (bicyclic) bond motifs is 2. The topological polar surface area (TPSA) is 62.7 Å². The van der Waals surface area contributed by atoms with E-state index in [0.29, 0.717) is 5.56 Å². The fraction of sp³-hybridized carbons (Fsp3) is 0.238. The molecule has 0 aliphatic rings. The molecule has 1 unspecified atom stereocenters. The van der Waals surface area contributed by atoms with E-state index in [1.165, 1.54) is 0 Å². The third-order valence-electron chi connectivity index (χ3n) is 4.80. The smallest absolute Gasteiger partial charge is 0.251 e. The first-order valence-corrected chi connectivity index (χ1v) is 10.3. The van der Waals surface area contributed by atoms with Crippen LogP contribution in [0.3, 0.4) is 0 Å². The van der Waals surface area contributed by atoms with Crippen LogP contribution >= 0.6 is 11.8 Å². The van der Waals surface area contributed by atoms with Gasteiger partial charge in [-0.25, -0.2) is 4.98 Å². The predicted molar refractivity (Wildman–Crippen MR) is 112 cm³/mol. The molecule has 6 heteroatoms. The molecule has 0 radical (unpaired) electrons. The minimum atomic E-state index is -0.149. The molecule has 0 saturated heterocycles. The van der Waals surface area contributed by atoms with Crippen molar-refractivity contribution >= 4 is 39.6 Å². The standard InChI is InChI=1S/C21H22N4OS/c1-25-11-9-14-13-15(7-8-19(14)25)21(26)24-18(10-12-27-2)20-22-16-5-3-4-6-17(16)23-20/h3-9,11,13,18H,10,12H2,1-2H3,(H,22,23)(H,24,26). The number of H-pyrrole nitrogens is 1. The second-order valence-corrected chi connectivity index (χ2v) is 7.63. The van der Waals surface area contributed by atoms with Gasteiger partial charge >= 0.3 is 0 Å². The number of imidazole rings is 1. The summed E-state index contributed by atoms with van der Waals surface area (Å²) in [6.07, 6.45) is 4.89. The molecule has 2 heterocycles. The number of hydrogen-bond acceptors (Lipinski definition) is 3. The van der Waals surface area contributed by atoms with Crippen molar-refractivity contribution in [3.8, 4) is 0 Å². The Bertz CT molecular complexity index is 1060. The Morgan fingerprint density at radius 1 is 1.26 bits per heavy atom. The lowest BCUT2D eigenvalue weighted by Gasteiger charge is -2.16. The van der Waals surface area contributed by atoms with Gasteiger partial charge in [-0.05, 0) is 54.8 Å². The average Bonchev–Trinajstić information content (AvgIpc) is 3.28. The Kier molecular flexibility index (Phi) is 4.90. The van der Waals surface area contributed by atoms with Crippen molar-refractivity contribution in [2.45, 2.75) is 12.5 Å². The van der Waals surface area contributed by atoms with Crippen LogP contribution in [0, 0.1) is 0 Å². The van der Waals surface area contributed by atoms with E-state index in [-0.39, 0.29) is 11.9 Å². The van der Waals surface area contributed by atoms with Crippen molar-refractivity contribution in [2.75, 3.05) is 12.0 Å². The number of aromatic nitrogens is 3. The minimum Gasteiger partial charge on any atom is -0.351 e. The fourth-order valence-corrected chi connectivity index (χ4v) is 3.79. The number of amides is 1. The summed E-state index contributed by atoms with van der Waals surface area (Å²) in [6, 6.07) is 15.6. The van der Waals surface area contributed by atoms with E-state index in [1.54, 1.807) is 11.8 Å². The van der Waals surface area contributed by atoms with Crippen LogP contribution in [0.2, 0.25) is 0 Å². The molecule has 2 aromatic carbocycles. The van der Waals surface area contributed by atoms with Gasteiger partial charge in [-0.2, -0.15) is 11.8 Å². The second-order valence-electron chi connectivity index (χ2n) is 6.65. The summed E-state index contributed by atoms with van der Waals surface area (Å²) in [6.45, 7) is 0. The summed E-state index contributed by atoms with van der Waals surface area (Å²) in [4.78, 5) is 20.9. The normalized spacial score (nSPS) is 12.5. The molecule has 0 aliphatic carbocycles. The molecule has 0 aliphatic heterocycles. The van der Waals surface area contributed by atoms with Crippen LogP contribution in [-0.4, -0.2) is 32.5 Å². The second kappa shape index (κ2) is 7.48. The van der Waals surface area contributed by atoms with Gasteiger partial charge in [-0.3, -0.25) is 4.79 Å². The summed E-state index contributed by atoms with van der Waals surface area (Å²) in [5.41, 5.74) is 3.69. The molecule has 1 amide bonds. The Morgan fingerprint density at radius 3 is 2.93 bits per heavy atom. The number of para-hydroxylation sites is 2. The lowest BCUT2D eigenvalue weighted by atomic mass is 10.1. The zero-order valence-electron chi connectivity index (χ0n) is 15.4. The quantitative estimate of drug-likeness (QED) is 0.526. The largest absolute Gasteiger partial charge is 0.351 e. The lowest BCUT2D eigenvalue weighted by molar-refractivity contribution is 0.0934. The van der Waals surface area contributed by atoms with Gasteiger partial charge in [0.15, 0.2) is 0 Å². The van der Waals surface area contributed by atoms with Crippen molar-refractivity contribution in [1.29, 1.82) is 0 Å². The van der Waals surface area contributed by atoms with Gasteiger partial charge in [0.05, 0.1) is 17.1 Å². The molecule has 5 nitrogen and oxygen atoms in total. The van der Waals surface area contributed by atoms with E-state index >= 15 is 0 Å². The third kappa shape index (κ3) is 3.57. The van der Waals surface area contributed by atoms with Crippen molar-refractivity contribution in [1.82, 2.24) is 19.9 Å². The summed E-state index contributed by atoms with van der Waals surface area (Å²) in [5.74, 6) is 1.67.